The third kappa shape index (κ3) is 6.45. The van der Waals surface area contributed by atoms with E-state index in [2.05, 4.69) is 23.7 Å². The zero-order chi connectivity index (χ0) is 22.2. The molecule has 0 amide bonds. The lowest BCUT2D eigenvalue weighted by Crippen LogP contribution is -2.48. The van der Waals surface area contributed by atoms with E-state index < -0.39 is 6.10 Å². The first-order valence-electron chi connectivity index (χ1n) is 10.9. The van der Waals surface area contributed by atoms with Crippen molar-refractivity contribution in [2.75, 3.05) is 27.4 Å². The predicted octanol–water partition coefficient (Wildman–Crippen LogP) is 4.46. The van der Waals surface area contributed by atoms with E-state index in [9.17, 15) is 5.11 Å². The summed E-state index contributed by atoms with van der Waals surface area (Å²) in [5, 5.41) is 10.4. The third-order valence-corrected chi connectivity index (χ3v) is 5.85. The van der Waals surface area contributed by atoms with E-state index in [-0.39, 0.29) is 6.61 Å². The Morgan fingerprint density at radius 2 is 1.71 bits per heavy atom. The summed E-state index contributed by atoms with van der Waals surface area (Å²) in [7, 11) is 3.23. The summed E-state index contributed by atoms with van der Waals surface area (Å²) in [4.78, 5) is 6.90. The largest absolute Gasteiger partial charge is 0.493 e. The maximum atomic E-state index is 10.4. The molecule has 0 radical (unpaired) electrons. The highest BCUT2D eigenvalue weighted by Crippen LogP contribution is 2.27. The number of rotatable bonds is 9. The standard InChI is InChI=1S/C25H34N2O4/c1-18-6-5-7-19(2)27(18)16-22(28)17-31-23-11-9-21(10-12-23)26-15-20-8-13-24(29-3)25(14-20)30-4/h8-15,18-19,22,28H,5-7,16-17H2,1-4H3/t18-,19+,22-/m1/s1. The summed E-state index contributed by atoms with van der Waals surface area (Å²) in [5.74, 6) is 2.08. The quantitative estimate of drug-likeness (QED) is 0.600. The number of β-amino-alcohol motifs (C(OH)–C–C–N with tert-alkyl or cyclic N) is 1. The van der Waals surface area contributed by atoms with Crippen LogP contribution in [0, 0.1) is 0 Å². The number of hydrogen-bond donors (Lipinski definition) is 1. The fourth-order valence-electron chi connectivity index (χ4n) is 4.03. The van der Waals surface area contributed by atoms with Crippen LogP contribution in [0.1, 0.15) is 38.7 Å². The molecule has 31 heavy (non-hydrogen) atoms. The highest BCUT2D eigenvalue weighted by molar-refractivity contribution is 5.83. The van der Waals surface area contributed by atoms with E-state index in [4.69, 9.17) is 14.2 Å². The number of ether oxygens (including phenoxy) is 3. The number of hydrogen-bond acceptors (Lipinski definition) is 6. The Labute approximate surface area is 185 Å². The van der Waals surface area contributed by atoms with Gasteiger partial charge in [0.2, 0.25) is 0 Å². The summed E-state index contributed by atoms with van der Waals surface area (Å²) in [6.45, 7) is 5.41. The molecule has 0 spiro atoms. The Kier molecular flexibility index (Phi) is 8.32. The molecule has 1 heterocycles. The normalized spacial score (nSPS) is 20.5. The van der Waals surface area contributed by atoms with Crippen LogP contribution in [0.25, 0.3) is 0 Å². The number of nitrogens with zero attached hydrogens (tertiary/aromatic N) is 2. The molecule has 168 valence electrons. The van der Waals surface area contributed by atoms with Crippen molar-refractivity contribution in [1.82, 2.24) is 4.90 Å². The first-order chi connectivity index (χ1) is 15.0. The van der Waals surface area contributed by atoms with Crippen molar-refractivity contribution in [3.05, 3.63) is 48.0 Å². The molecule has 0 bridgehead atoms. The fourth-order valence-corrected chi connectivity index (χ4v) is 4.03. The van der Waals surface area contributed by atoms with Crippen LogP contribution >= 0.6 is 0 Å². The molecule has 1 N–H and O–H groups in total. The van der Waals surface area contributed by atoms with Crippen molar-refractivity contribution in [1.29, 1.82) is 0 Å². The molecule has 2 aromatic carbocycles. The van der Waals surface area contributed by atoms with E-state index in [1.165, 1.54) is 19.3 Å². The lowest BCUT2D eigenvalue weighted by molar-refractivity contribution is 0.0209. The van der Waals surface area contributed by atoms with Crippen LogP contribution in [0.15, 0.2) is 47.5 Å². The Hall–Kier alpha value is -2.57. The van der Waals surface area contributed by atoms with Gasteiger partial charge in [-0.25, -0.2) is 0 Å². The number of likely N-dealkylation sites (tertiary alicyclic amines) is 1. The molecule has 1 fully saturated rings. The minimum Gasteiger partial charge on any atom is -0.493 e. The lowest BCUT2D eigenvalue weighted by atomic mass is 9.97. The van der Waals surface area contributed by atoms with Gasteiger partial charge in [-0.3, -0.25) is 9.89 Å². The number of aliphatic imine (C=N–C) groups is 1. The molecule has 0 aliphatic carbocycles. The van der Waals surface area contributed by atoms with Gasteiger partial charge < -0.3 is 19.3 Å². The second-order valence-corrected chi connectivity index (χ2v) is 8.16. The molecule has 1 aliphatic heterocycles. The lowest BCUT2D eigenvalue weighted by Gasteiger charge is -2.40. The Morgan fingerprint density at radius 3 is 2.35 bits per heavy atom. The van der Waals surface area contributed by atoms with Crippen LogP contribution in [-0.4, -0.2) is 61.8 Å². The molecular formula is C25H34N2O4. The molecule has 1 aliphatic rings. The first-order valence-corrected chi connectivity index (χ1v) is 10.9. The van der Waals surface area contributed by atoms with Gasteiger partial charge in [0.05, 0.1) is 19.9 Å². The van der Waals surface area contributed by atoms with Gasteiger partial charge in [-0.2, -0.15) is 0 Å². The summed E-state index contributed by atoms with van der Waals surface area (Å²) in [6, 6.07) is 14.2. The van der Waals surface area contributed by atoms with Gasteiger partial charge in [-0.05, 0) is 74.7 Å². The predicted molar refractivity (Wildman–Crippen MR) is 124 cm³/mol. The van der Waals surface area contributed by atoms with Crippen molar-refractivity contribution < 1.29 is 19.3 Å². The maximum Gasteiger partial charge on any atom is 0.161 e. The smallest absolute Gasteiger partial charge is 0.161 e. The van der Waals surface area contributed by atoms with E-state index in [0.29, 0.717) is 30.1 Å². The molecule has 0 aromatic heterocycles. The van der Waals surface area contributed by atoms with Crippen LogP contribution < -0.4 is 14.2 Å². The molecule has 6 heteroatoms. The van der Waals surface area contributed by atoms with Crippen LogP contribution in [-0.2, 0) is 0 Å². The van der Waals surface area contributed by atoms with Crippen LogP contribution in [0.4, 0.5) is 5.69 Å². The molecular weight excluding hydrogens is 392 g/mol. The number of aliphatic hydroxyl groups is 1. The van der Waals surface area contributed by atoms with E-state index in [1.807, 2.05) is 42.5 Å². The molecule has 6 nitrogen and oxygen atoms in total. The average Bonchev–Trinajstić information content (AvgIpc) is 2.79. The summed E-state index contributed by atoms with van der Waals surface area (Å²) in [6.07, 6.45) is 4.94. The monoisotopic (exact) mass is 426 g/mol. The van der Waals surface area contributed by atoms with E-state index >= 15 is 0 Å². The van der Waals surface area contributed by atoms with Gasteiger partial charge in [0.15, 0.2) is 11.5 Å². The number of methoxy groups -OCH3 is 2. The van der Waals surface area contributed by atoms with Crippen molar-refractivity contribution in [3.8, 4) is 17.2 Å². The average molecular weight is 427 g/mol. The molecule has 1 saturated heterocycles. The number of piperidine rings is 1. The van der Waals surface area contributed by atoms with E-state index in [1.54, 1.807) is 20.4 Å². The van der Waals surface area contributed by atoms with Crippen molar-refractivity contribution in [2.24, 2.45) is 4.99 Å². The number of benzene rings is 2. The molecule has 3 atom stereocenters. The van der Waals surface area contributed by atoms with Crippen molar-refractivity contribution in [2.45, 2.75) is 51.3 Å². The molecule has 2 aromatic rings. The van der Waals surface area contributed by atoms with Crippen molar-refractivity contribution in [3.63, 3.8) is 0 Å². The van der Waals surface area contributed by atoms with Gasteiger partial charge in [0, 0.05) is 24.8 Å². The number of aliphatic hydroxyl groups excluding tert-OH is 1. The second-order valence-electron chi connectivity index (χ2n) is 8.16. The highest BCUT2D eigenvalue weighted by atomic mass is 16.5. The van der Waals surface area contributed by atoms with Crippen LogP contribution in [0.3, 0.4) is 0 Å². The third-order valence-electron chi connectivity index (χ3n) is 5.85. The maximum absolute atomic E-state index is 10.4. The summed E-state index contributed by atoms with van der Waals surface area (Å²) < 4.78 is 16.4. The van der Waals surface area contributed by atoms with Gasteiger partial charge in [-0.1, -0.05) is 6.42 Å². The van der Waals surface area contributed by atoms with E-state index in [0.717, 1.165) is 17.0 Å². The van der Waals surface area contributed by atoms with Gasteiger partial charge in [0.1, 0.15) is 18.5 Å². The fraction of sp³-hybridized carbons (Fsp3) is 0.480. The molecule has 3 rings (SSSR count). The molecule has 0 unspecified atom stereocenters. The zero-order valence-electron chi connectivity index (χ0n) is 19.0. The first kappa shape index (κ1) is 23.1. The highest BCUT2D eigenvalue weighted by Gasteiger charge is 2.26. The Balaban J connectivity index is 1.51. The minimum absolute atomic E-state index is 0.282. The summed E-state index contributed by atoms with van der Waals surface area (Å²) >= 11 is 0. The minimum atomic E-state index is -0.509. The van der Waals surface area contributed by atoms with Crippen LogP contribution in [0.2, 0.25) is 0 Å². The van der Waals surface area contributed by atoms with Crippen LogP contribution in [0.5, 0.6) is 17.2 Å². The Bertz CT molecular complexity index is 843. The topological polar surface area (TPSA) is 63.5 Å². The second kappa shape index (κ2) is 11.2. The molecule has 0 saturated carbocycles. The summed E-state index contributed by atoms with van der Waals surface area (Å²) in [5.41, 5.74) is 1.74. The Morgan fingerprint density at radius 1 is 1.03 bits per heavy atom. The van der Waals surface area contributed by atoms with Gasteiger partial charge in [-0.15, -0.1) is 0 Å². The van der Waals surface area contributed by atoms with Gasteiger partial charge in [0.25, 0.3) is 0 Å². The van der Waals surface area contributed by atoms with Gasteiger partial charge >= 0.3 is 0 Å². The SMILES string of the molecule is COc1ccc(C=Nc2ccc(OC[C@H](O)CN3[C@H](C)CCC[C@@H]3C)cc2)cc1OC. The van der Waals surface area contributed by atoms with Crippen molar-refractivity contribution >= 4 is 11.9 Å². The zero-order valence-corrected chi connectivity index (χ0v) is 19.0.